The summed E-state index contributed by atoms with van der Waals surface area (Å²) in [5.74, 6) is -4.07. The Kier molecular flexibility index (Phi) is 2.30. The Morgan fingerprint density at radius 1 is 1.46 bits per heavy atom. The second kappa shape index (κ2) is 3.11. The first-order valence-electron chi connectivity index (χ1n) is 3.28. The number of hydrogen-bond donors (Lipinski definition) is 3. The Morgan fingerprint density at radius 2 is 2.00 bits per heavy atom. The number of carboxylic acids is 1. The van der Waals surface area contributed by atoms with Gasteiger partial charge in [0.1, 0.15) is 0 Å². The number of Topliss-reactive ketones (excluding diaryl/α,β-unsaturated/α-hetero) is 1. The third-order valence-corrected chi connectivity index (χ3v) is 1.56. The molecule has 7 nitrogen and oxygen atoms in total. The van der Waals surface area contributed by atoms with Gasteiger partial charge in [-0.15, -0.1) is 0 Å². The van der Waals surface area contributed by atoms with Gasteiger partial charge < -0.3 is 20.1 Å². The van der Waals surface area contributed by atoms with Gasteiger partial charge in [-0.3, -0.25) is 4.79 Å². The summed E-state index contributed by atoms with van der Waals surface area (Å²) < 4.78 is 4.14. The molecule has 0 spiro atoms. The Hall–Kier alpha value is -1.47. The normalized spacial score (nSPS) is 30.0. The van der Waals surface area contributed by atoms with Crippen LogP contribution in [0.4, 0.5) is 0 Å². The second-order valence-electron chi connectivity index (χ2n) is 2.45. The molecule has 0 saturated carbocycles. The third-order valence-electron chi connectivity index (χ3n) is 1.56. The van der Waals surface area contributed by atoms with Gasteiger partial charge in [-0.05, 0) is 0 Å². The van der Waals surface area contributed by atoms with Gasteiger partial charge in [-0.2, -0.15) is 0 Å². The lowest BCUT2D eigenvalue weighted by atomic mass is 10.1. The van der Waals surface area contributed by atoms with Crippen LogP contribution in [0.1, 0.15) is 0 Å². The van der Waals surface area contributed by atoms with Crippen molar-refractivity contribution in [3.05, 3.63) is 0 Å². The predicted octanol–water partition coefficient (Wildman–Crippen LogP) is -2.71. The van der Waals surface area contributed by atoms with E-state index in [0.717, 1.165) is 0 Å². The maximum absolute atomic E-state index is 10.8. The standard InChI is InChI=1S/C6H6O7/c7-1-2(8)6(12)13-4(1)3(9)5(10)11/h2-4,8-9H,(H,10,11)/t2?,3-,4+/m1/s1. The first-order valence-corrected chi connectivity index (χ1v) is 3.28. The fourth-order valence-electron chi connectivity index (χ4n) is 0.869. The van der Waals surface area contributed by atoms with Crippen molar-refractivity contribution in [1.82, 2.24) is 0 Å². The van der Waals surface area contributed by atoms with E-state index in [2.05, 4.69) is 4.74 Å². The summed E-state index contributed by atoms with van der Waals surface area (Å²) in [4.78, 5) is 31.5. The maximum atomic E-state index is 10.8. The average molecular weight is 190 g/mol. The molecule has 13 heavy (non-hydrogen) atoms. The van der Waals surface area contributed by atoms with Gasteiger partial charge in [0.05, 0.1) is 0 Å². The summed E-state index contributed by atoms with van der Waals surface area (Å²) in [6.07, 6.45) is -5.92. The molecule has 7 heteroatoms. The number of aliphatic carboxylic acids is 1. The van der Waals surface area contributed by atoms with E-state index >= 15 is 0 Å². The van der Waals surface area contributed by atoms with Crippen molar-refractivity contribution in [3.8, 4) is 0 Å². The molecular weight excluding hydrogens is 184 g/mol. The van der Waals surface area contributed by atoms with E-state index in [1.807, 2.05) is 0 Å². The Labute approximate surface area is 71.5 Å². The largest absolute Gasteiger partial charge is 0.479 e. The molecule has 0 radical (unpaired) electrons. The minimum Gasteiger partial charge on any atom is -0.479 e. The third kappa shape index (κ3) is 1.51. The minimum atomic E-state index is -2.13. The van der Waals surface area contributed by atoms with Crippen LogP contribution in [0.3, 0.4) is 0 Å². The van der Waals surface area contributed by atoms with E-state index in [1.54, 1.807) is 0 Å². The summed E-state index contributed by atoms with van der Waals surface area (Å²) in [6.45, 7) is 0. The van der Waals surface area contributed by atoms with Gasteiger partial charge in [0.2, 0.25) is 11.9 Å². The number of aliphatic hydroxyl groups excluding tert-OH is 2. The molecule has 0 aromatic heterocycles. The molecule has 0 amide bonds. The number of cyclic esters (lactones) is 1. The summed E-state index contributed by atoms with van der Waals surface area (Å²) in [5, 5.41) is 25.8. The monoisotopic (exact) mass is 190 g/mol. The van der Waals surface area contributed by atoms with Crippen molar-refractivity contribution in [3.63, 3.8) is 0 Å². The van der Waals surface area contributed by atoms with E-state index in [0.29, 0.717) is 0 Å². The Balaban J connectivity index is 2.80. The number of ether oxygens (including phenoxy) is 1. The Bertz CT molecular complexity index is 270. The fraction of sp³-hybridized carbons (Fsp3) is 0.500. The number of rotatable bonds is 2. The van der Waals surface area contributed by atoms with Crippen molar-refractivity contribution in [2.24, 2.45) is 0 Å². The minimum absolute atomic E-state index is 1.14. The lowest BCUT2D eigenvalue weighted by Gasteiger charge is -2.09. The van der Waals surface area contributed by atoms with Crippen molar-refractivity contribution < 1.29 is 34.4 Å². The quantitative estimate of drug-likeness (QED) is 0.319. The number of carboxylic acid groups (broad SMARTS) is 1. The SMILES string of the molecule is O=C1O[C@H]([C@@H](O)C(=O)O)C(=O)C1O. The van der Waals surface area contributed by atoms with Crippen LogP contribution >= 0.6 is 0 Å². The van der Waals surface area contributed by atoms with Crippen molar-refractivity contribution >= 4 is 17.7 Å². The highest BCUT2D eigenvalue weighted by Crippen LogP contribution is 2.14. The molecule has 1 rings (SSSR count). The number of carbonyl (C=O) groups excluding carboxylic acids is 2. The highest BCUT2D eigenvalue weighted by molar-refractivity contribution is 6.10. The Morgan fingerprint density at radius 3 is 2.31 bits per heavy atom. The van der Waals surface area contributed by atoms with Gasteiger partial charge in [0.25, 0.3) is 0 Å². The van der Waals surface area contributed by atoms with Crippen LogP contribution in [-0.4, -0.2) is 51.4 Å². The van der Waals surface area contributed by atoms with Crippen molar-refractivity contribution in [1.29, 1.82) is 0 Å². The van der Waals surface area contributed by atoms with Crippen LogP contribution in [0.2, 0.25) is 0 Å². The summed E-state index contributed by atoms with van der Waals surface area (Å²) in [6, 6.07) is 0. The van der Waals surface area contributed by atoms with Crippen LogP contribution < -0.4 is 0 Å². The summed E-state index contributed by atoms with van der Waals surface area (Å²) in [5.41, 5.74) is 0. The predicted molar refractivity (Wildman–Crippen MR) is 34.5 cm³/mol. The number of hydrogen-bond acceptors (Lipinski definition) is 6. The number of esters is 1. The highest BCUT2D eigenvalue weighted by Gasteiger charge is 2.48. The maximum Gasteiger partial charge on any atom is 0.343 e. The molecule has 72 valence electrons. The molecule has 1 saturated heterocycles. The van der Waals surface area contributed by atoms with E-state index < -0.39 is 36.0 Å². The van der Waals surface area contributed by atoms with Gasteiger partial charge >= 0.3 is 11.9 Å². The molecule has 3 N–H and O–H groups in total. The number of aliphatic hydroxyl groups is 2. The van der Waals surface area contributed by atoms with E-state index in [4.69, 9.17) is 15.3 Å². The fourth-order valence-corrected chi connectivity index (χ4v) is 0.869. The molecule has 1 unspecified atom stereocenters. The highest BCUT2D eigenvalue weighted by atomic mass is 16.6. The van der Waals surface area contributed by atoms with Gasteiger partial charge in [-0.1, -0.05) is 0 Å². The van der Waals surface area contributed by atoms with Crippen LogP contribution in [-0.2, 0) is 19.1 Å². The topological polar surface area (TPSA) is 121 Å². The number of ketones is 1. The van der Waals surface area contributed by atoms with Crippen LogP contribution in [0.5, 0.6) is 0 Å². The smallest absolute Gasteiger partial charge is 0.343 e. The zero-order valence-corrected chi connectivity index (χ0v) is 6.21. The second-order valence-corrected chi connectivity index (χ2v) is 2.45. The van der Waals surface area contributed by atoms with Crippen molar-refractivity contribution in [2.45, 2.75) is 18.3 Å². The number of carbonyl (C=O) groups is 3. The van der Waals surface area contributed by atoms with Crippen LogP contribution in [0, 0.1) is 0 Å². The molecule has 0 aromatic rings. The van der Waals surface area contributed by atoms with Crippen LogP contribution in [0.15, 0.2) is 0 Å². The molecule has 1 aliphatic rings. The zero-order valence-electron chi connectivity index (χ0n) is 6.21. The lowest BCUT2D eigenvalue weighted by molar-refractivity contribution is -0.161. The first kappa shape index (κ1) is 9.62. The van der Waals surface area contributed by atoms with E-state index in [9.17, 15) is 14.4 Å². The summed E-state index contributed by atoms with van der Waals surface area (Å²) >= 11 is 0. The molecule has 0 bridgehead atoms. The average Bonchev–Trinajstić information content (AvgIpc) is 2.31. The van der Waals surface area contributed by atoms with Gasteiger partial charge in [0.15, 0.2) is 12.2 Å². The molecule has 0 aliphatic carbocycles. The van der Waals surface area contributed by atoms with Crippen molar-refractivity contribution in [2.75, 3.05) is 0 Å². The summed E-state index contributed by atoms with van der Waals surface area (Å²) in [7, 11) is 0. The molecular formula is C6H6O7. The zero-order chi connectivity index (χ0) is 10.2. The first-order chi connectivity index (χ1) is 5.95. The molecule has 0 aromatic carbocycles. The molecule has 3 atom stereocenters. The van der Waals surface area contributed by atoms with E-state index in [1.165, 1.54) is 0 Å². The molecule has 1 fully saturated rings. The van der Waals surface area contributed by atoms with Crippen LogP contribution in [0.25, 0.3) is 0 Å². The molecule has 1 aliphatic heterocycles. The van der Waals surface area contributed by atoms with E-state index in [-0.39, 0.29) is 0 Å². The molecule has 1 heterocycles. The van der Waals surface area contributed by atoms with Gasteiger partial charge in [0, 0.05) is 0 Å². The van der Waals surface area contributed by atoms with Gasteiger partial charge in [-0.25, -0.2) is 9.59 Å². The lowest BCUT2D eigenvalue weighted by Crippen LogP contribution is -2.39.